The Balaban J connectivity index is 2.09. The van der Waals surface area contributed by atoms with Gasteiger partial charge in [0.05, 0.1) is 5.56 Å². The van der Waals surface area contributed by atoms with Crippen molar-refractivity contribution in [3.05, 3.63) is 35.1 Å². The van der Waals surface area contributed by atoms with Gasteiger partial charge in [0.25, 0.3) is 0 Å². The van der Waals surface area contributed by atoms with Crippen molar-refractivity contribution in [2.75, 3.05) is 6.54 Å². The van der Waals surface area contributed by atoms with Gasteiger partial charge in [0.2, 0.25) is 5.91 Å². The van der Waals surface area contributed by atoms with Crippen molar-refractivity contribution in [2.45, 2.75) is 39.2 Å². The van der Waals surface area contributed by atoms with Crippen molar-refractivity contribution in [2.24, 2.45) is 5.92 Å². The van der Waals surface area contributed by atoms with Crippen LogP contribution in [0.1, 0.15) is 43.7 Å². The molecule has 0 N–H and O–H groups in total. The number of amides is 1. The molecular weight excluding hydrogens is 255 g/mol. The number of nitriles is 1. The van der Waals surface area contributed by atoms with Crippen molar-refractivity contribution in [3.63, 3.8) is 0 Å². The summed E-state index contributed by atoms with van der Waals surface area (Å²) in [5.74, 6) is 0.264. The predicted octanol–water partition coefficient (Wildman–Crippen LogP) is 3.24. The average molecular weight is 274 g/mol. The van der Waals surface area contributed by atoms with E-state index in [1.807, 2.05) is 11.0 Å². The molecule has 1 saturated heterocycles. The molecule has 106 valence electrons. The molecule has 1 atom stereocenters. The smallest absolute Gasteiger partial charge is 0.222 e. The number of likely N-dealkylation sites (tertiary alicyclic amines) is 1. The van der Waals surface area contributed by atoms with E-state index >= 15 is 0 Å². The van der Waals surface area contributed by atoms with Crippen LogP contribution in [0.2, 0.25) is 0 Å². The first-order valence-corrected chi connectivity index (χ1v) is 7.10. The van der Waals surface area contributed by atoms with E-state index in [4.69, 9.17) is 5.26 Å². The number of hydrogen-bond acceptors (Lipinski definition) is 2. The first-order valence-electron chi connectivity index (χ1n) is 7.10. The zero-order valence-corrected chi connectivity index (χ0v) is 11.7. The van der Waals surface area contributed by atoms with Gasteiger partial charge in [-0.05, 0) is 36.5 Å². The molecule has 20 heavy (non-hydrogen) atoms. The summed E-state index contributed by atoms with van der Waals surface area (Å²) in [4.78, 5) is 13.9. The molecule has 0 spiro atoms. The highest BCUT2D eigenvalue weighted by molar-refractivity contribution is 5.76. The fourth-order valence-electron chi connectivity index (χ4n) is 2.65. The van der Waals surface area contributed by atoms with Gasteiger partial charge >= 0.3 is 0 Å². The van der Waals surface area contributed by atoms with Crippen LogP contribution in [0.5, 0.6) is 0 Å². The van der Waals surface area contributed by atoms with Gasteiger partial charge in [-0.2, -0.15) is 5.26 Å². The van der Waals surface area contributed by atoms with E-state index in [-0.39, 0.29) is 11.5 Å². The van der Waals surface area contributed by atoms with E-state index in [1.165, 1.54) is 12.1 Å². The molecule has 1 amide bonds. The molecule has 0 aliphatic carbocycles. The van der Waals surface area contributed by atoms with Gasteiger partial charge in [0.1, 0.15) is 11.9 Å². The Morgan fingerprint density at radius 1 is 1.45 bits per heavy atom. The number of carbonyl (C=O) groups excluding carboxylic acids is 1. The third kappa shape index (κ3) is 3.36. The fraction of sp³-hybridized carbons (Fsp3) is 0.500. The summed E-state index contributed by atoms with van der Waals surface area (Å²) in [7, 11) is 0. The first-order chi connectivity index (χ1) is 9.63. The molecule has 1 aromatic carbocycles. The molecular formula is C16H19FN2O. The summed E-state index contributed by atoms with van der Waals surface area (Å²) in [5, 5.41) is 8.84. The van der Waals surface area contributed by atoms with Crippen LogP contribution >= 0.6 is 0 Å². The quantitative estimate of drug-likeness (QED) is 0.849. The first kappa shape index (κ1) is 14.5. The second-order valence-corrected chi connectivity index (χ2v) is 5.34. The number of carbonyl (C=O) groups is 1. The van der Waals surface area contributed by atoms with Crippen LogP contribution in [-0.2, 0) is 11.3 Å². The molecule has 1 heterocycles. The molecule has 1 aromatic rings. The SMILES string of the molecule is CCC1CCC(=O)N(Cc2ccc(F)c(C#N)c2)CC1. The molecule has 1 unspecified atom stereocenters. The lowest BCUT2D eigenvalue weighted by Crippen LogP contribution is -2.29. The minimum absolute atomic E-state index is 0.0382. The normalized spacial score (nSPS) is 19.6. The maximum atomic E-state index is 13.3. The Morgan fingerprint density at radius 3 is 2.95 bits per heavy atom. The minimum atomic E-state index is -0.510. The Kier molecular flexibility index (Phi) is 4.73. The van der Waals surface area contributed by atoms with Crippen LogP contribution in [0.4, 0.5) is 4.39 Å². The highest BCUT2D eigenvalue weighted by atomic mass is 19.1. The second kappa shape index (κ2) is 6.51. The summed E-state index contributed by atoms with van der Waals surface area (Å²) in [6.07, 6.45) is 3.67. The van der Waals surface area contributed by atoms with Crippen LogP contribution in [0, 0.1) is 23.1 Å². The zero-order chi connectivity index (χ0) is 14.5. The van der Waals surface area contributed by atoms with Crippen molar-refractivity contribution < 1.29 is 9.18 Å². The molecule has 0 aromatic heterocycles. The van der Waals surface area contributed by atoms with E-state index < -0.39 is 5.82 Å². The van der Waals surface area contributed by atoms with Gasteiger partial charge < -0.3 is 4.90 Å². The van der Waals surface area contributed by atoms with Crippen LogP contribution < -0.4 is 0 Å². The van der Waals surface area contributed by atoms with Crippen LogP contribution in [-0.4, -0.2) is 17.4 Å². The molecule has 1 aliphatic rings. The molecule has 3 nitrogen and oxygen atoms in total. The lowest BCUT2D eigenvalue weighted by atomic mass is 9.98. The van der Waals surface area contributed by atoms with Gasteiger partial charge in [0, 0.05) is 19.5 Å². The van der Waals surface area contributed by atoms with Gasteiger partial charge in [-0.25, -0.2) is 4.39 Å². The summed E-state index contributed by atoms with van der Waals surface area (Å²) in [6, 6.07) is 6.31. The average Bonchev–Trinajstić information content (AvgIpc) is 2.63. The maximum absolute atomic E-state index is 13.3. The third-order valence-electron chi connectivity index (χ3n) is 4.03. The molecule has 1 aliphatic heterocycles. The molecule has 2 rings (SSSR count). The van der Waals surface area contributed by atoms with Crippen molar-refractivity contribution >= 4 is 5.91 Å². The Hall–Kier alpha value is -1.89. The fourth-order valence-corrected chi connectivity index (χ4v) is 2.65. The Bertz CT molecular complexity index is 536. The molecule has 0 saturated carbocycles. The summed E-state index contributed by atoms with van der Waals surface area (Å²) >= 11 is 0. The summed E-state index contributed by atoms with van der Waals surface area (Å²) in [6.45, 7) is 3.37. The molecule has 0 bridgehead atoms. The van der Waals surface area contributed by atoms with E-state index in [2.05, 4.69) is 6.92 Å². The lowest BCUT2D eigenvalue weighted by Gasteiger charge is -2.21. The standard InChI is InChI=1S/C16H19FN2O/c1-2-12-4-6-16(20)19(8-7-12)11-13-3-5-15(17)14(9-13)10-18/h3,5,9,12H,2,4,6-8,11H2,1H3. The van der Waals surface area contributed by atoms with Gasteiger partial charge in [-0.15, -0.1) is 0 Å². The minimum Gasteiger partial charge on any atom is -0.338 e. The van der Waals surface area contributed by atoms with Crippen molar-refractivity contribution in [3.8, 4) is 6.07 Å². The predicted molar refractivity (Wildman–Crippen MR) is 74.2 cm³/mol. The monoisotopic (exact) mass is 274 g/mol. The number of halogens is 1. The van der Waals surface area contributed by atoms with Gasteiger partial charge in [0.15, 0.2) is 0 Å². The van der Waals surface area contributed by atoms with Gasteiger partial charge in [-0.3, -0.25) is 4.79 Å². The number of hydrogen-bond donors (Lipinski definition) is 0. The summed E-state index contributed by atoms with van der Waals surface area (Å²) in [5.41, 5.74) is 0.849. The number of nitrogens with zero attached hydrogens (tertiary/aromatic N) is 2. The van der Waals surface area contributed by atoms with Crippen LogP contribution in [0.3, 0.4) is 0 Å². The summed E-state index contributed by atoms with van der Waals surface area (Å²) < 4.78 is 13.3. The largest absolute Gasteiger partial charge is 0.338 e. The highest BCUT2D eigenvalue weighted by Crippen LogP contribution is 2.22. The second-order valence-electron chi connectivity index (χ2n) is 5.34. The molecule has 4 heteroatoms. The molecule has 1 fully saturated rings. The Labute approximate surface area is 119 Å². The highest BCUT2D eigenvalue weighted by Gasteiger charge is 2.21. The van der Waals surface area contributed by atoms with E-state index in [0.29, 0.717) is 18.9 Å². The van der Waals surface area contributed by atoms with E-state index in [0.717, 1.165) is 31.4 Å². The van der Waals surface area contributed by atoms with Gasteiger partial charge in [-0.1, -0.05) is 19.4 Å². The topological polar surface area (TPSA) is 44.1 Å². The number of rotatable bonds is 3. The van der Waals surface area contributed by atoms with Crippen molar-refractivity contribution in [1.82, 2.24) is 4.90 Å². The Morgan fingerprint density at radius 2 is 2.25 bits per heavy atom. The van der Waals surface area contributed by atoms with Crippen LogP contribution in [0.25, 0.3) is 0 Å². The zero-order valence-electron chi connectivity index (χ0n) is 11.7. The van der Waals surface area contributed by atoms with E-state index in [9.17, 15) is 9.18 Å². The lowest BCUT2D eigenvalue weighted by molar-refractivity contribution is -0.131. The third-order valence-corrected chi connectivity index (χ3v) is 4.03. The van der Waals surface area contributed by atoms with Crippen molar-refractivity contribution in [1.29, 1.82) is 5.26 Å². The number of benzene rings is 1. The molecule has 0 radical (unpaired) electrons. The van der Waals surface area contributed by atoms with E-state index in [1.54, 1.807) is 6.07 Å². The van der Waals surface area contributed by atoms with Crippen LogP contribution in [0.15, 0.2) is 18.2 Å². The maximum Gasteiger partial charge on any atom is 0.222 e.